The Morgan fingerprint density at radius 2 is 1.77 bits per heavy atom. The minimum atomic E-state index is -3.64. The van der Waals surface area contributed by atoms with Crippen LogP contribution in [0.25, 0.3) is 0 Å². The molecule has 0 saturated carbocycles. The first-order valence-corrected chi connectivity index (χ1v) is 12.5. The van der Waals surface area contributed by atoms with E-state index in [4.69, 9.17) is 4.74 Å². The molecule has 0 fully saturated rings. The number of ether oxygens (including phenoxy) is 1. The molecule has 0 aliphatic carbocycles. The molecular formula is C22H30N2O4S2. The Morgan fingerprint density at radius 3 is 2.37 bits per heavy atom. The van der Waals surface area contributed by atoms with Gasteiger partial charge >= 0.3 is 0 Å². The van der Waals surface area contributed by atoms with Gasteiger partial charge in [-0.25, -0.2) is 8.42 Å². The number of nitrogens with zero attached hydrogens (tertiary/aromatic N) is 1. The Morgan fingerprint density at radius 1 is 1.10 bits per heavy atom. The van der Waals surface area contributed by atoms with Crippen LogP contribution < -0.4 is 10.1 Å². The molecular weight excluding hydrogens is 420 g/mol. The van der Waals surface area contributed by atoms with Gasteiger partial charge in [0, 0.05) is 30.2 Å². The van der Waals surface area contributed by atoms with Crippen molar-refractivity contribution >= 4 is 33.4 Å². The van der Waals surface area contributed by atoms with E-state index in [0.29, 0.717) is 36.7 Å². The van der Waals surface area contributed by atoms with Crippen molar-refractivity contribution in [2.24, 2.45) is 0 Å². The molecule has 1 amide bonds. The van der Waals surface area contributed by atoms with Crippen LogP contribution in [0, 0.1) is 0 Å². The van der Waals surface area contributed by atoms with Crippen LogP contribution in [0.2, 0.25) is 0 Å². The minimum absolute atomic E-state index is 0.112. The number of hydrogen-bond donors (Lipinski definition) is 1. The van der Waals surface area contributed by atoms with Crippen molar-refractivity contribution in [3.63, 3.8) is 0 Å². The molecule has 0 unspecified atom stereocenters. The fraction of sp³-hybridized carbons (Fsp3) is 0.409. The number of sulfonamides is 1. The first-order chi connectivity index (χ1) is 14.3. The van der Waals surface area contributed by atoms with Crippen LogP contribution in [0.15, 0.2) is 58.3 Å². The number of nitrogens with one attached hydrogen (secondary N) is 1. The van der Waals surface area contributed by atoms with Gasteiger partial charge < -0.3 is 10.1 Å². The normalized spacial score (nSPS) is 11.7. The number of hydrogen-bond acceptors (Lipinski definition) is 5. The number of benzene rings is 2. The second kappa shape index (κ2) is 11.4. The predicted molar refractivity (Wildman–Crippen MR) is 123 cm³/mol. The lowest BCUT2D eigenvalue weighted by atomic mass is 10.2. The van der Waals surface area contributed by atoms with Crippen molar-refractivity contribution in [1.29, 1.82) is 0 Å². The Labute approximate surface area is 184 Å². The SMILES string of the molecule is CCN(CC)S(=O)(=O)c1ccc(OC(C)C)c(NC(=O)CCSc2ccccc2)c1. The summed E-state index contributed by atoms with van der Waals surface area (Å²) in [5, 5.41) is 2.83. The fourth-order valence-corrected chi connectivity index (χ4v) is 5.19. The highest BCUT2D eigenvalue weighted by Gasteiger charge is 2.23. The Balaban J connectivity index is 2.17. The Bertz CT molecular complexity index is 927. The van der Waals surface area contributed by atoms with Crippen LogP contribution >= 0.6 is 11.8 Å². The summed E-state index contributed by atoms with van der Waals surface area (Å²) in [6, 6.07) is 14.5. The molecule has 0 aliphatic rings. The quantitative estimate of drug-likeness (QED) is 0.505. The number of carbonyl (C=O) groups excluding carboxylic acids is 1. The molecule has 2 aromatic rings. The van der Waals surface area contributed by atoms with Gasteiger partial charge in [-0.1, -0.05) is 32.0 Å². The lowest BCUT2D eigenvalue weighted by Crippen LogP contribution is -2.30. The summed E-state index contributed by atoms with van der Waals surface area (Å²) in [6.07, 6.45) is 0.188. The molecule has 30 heavy (non-hydrogen) atoms. The van der Waals surface area contributed by atoms with Gasteiger partial charge in [-0.3, -0.25) is 4.79 Å². The summed E-state index contributed by atoms with van der Waals surface area (Å²) in [5.41, 5.74) is 0.367. The van der Waals surface area contributed by atoms with Crippen LogP contribution in [-0.4, -0.2) is 43.6 Å². The molecule has 0 bridgehead atoms. The third kappa shape index (κ3) is 6.75. The molecule has 0 saturated heterocycles. The lowest BCUT2D eigenvalue weighted by Gasteiger charge is -2.20. The average Bonchev–Trinajstić information content (AvgIpc) is 2.70. The first-order valence-electron chi connectivity index (χ1n) is 10.1. The number of rotatable bonds is 11. The molecule has 0 aliphatic heterocycles. The smallest absolute Gasteiger partial charge is 0.243 e. The zero-order chi connectivity index (χ0) is 22.1. The standard InChI is InChI=1S/C22H30N2O4S2/c1-5-24(6-2)30(26,27)19-12-13-21(28-17(3)4)20(16-19)23-22(25)14-15-29-18-10-8-7-9-11-18/h7-13,16-17H,5-6,14-15H2,1-4H3,(H,23,25). The van der Waals surface area contributed by atoms with Gasteiger partial charge in [-0.15, -0.1) is 11.8 Å². The van der Waals surface area contributed by atoms with Gasteiger partial charge in [0.15, 0.2) is 0 Å². The fourth-order valence-electron chi connectivity index (χ4n) is 2.83. The monoisotopic (exact) mass is 450 g/mol. The number of amides is 1. The summed E-state index contributed by atoms with van der Waals surface area (Å²) in [5.74, 6) is 0.880. The zero-order valence-corrected chi connectivity index (χ0v) is 19.6. The molecule has 0 radical (unpaired) electrons. The number of carbonyl (C=O) groups is 1. The highest BCUT2D eigenvalue weighted by molar-refractivity contribution is 7.99. The average molecular weight is 451 g/mol. The van der Waals surface area contributed by atoms with Crippen molar-refractivity contribution in [3.05, 3.63) is 48.5 Å². The maximum atomic E-state index is 12.9. The molecule has 6 nitrogen and oxygen atoms in total. The van der Waals surface area contributed by atoms with Crippen LogP contribution in [-0.2, 0) is 14.8 Å². The van der Waals surface area contributed by atoms with E-state index in [0.717, 1.165) is 4.90 Å². The van der Waals surface area contributed by atoms with E-state index in [1.807, 2.05) is 44.2 Å². The van der Waals surface area contributed by atoms with Gasteiger partial charge in [0.2, 0.25) is 15.9 Å². The van der Waals surface area contributed by atoms with E-state index in [9.17, 15) is 13.2 Å². The van der Waals surface area contributed by atoms with Gasteiger partial charge in [-0.05, 0) is 44.2 Å². The van der Waals surface area contributed by atoms with E-state index in [2.05, 4.69) is 5.32 Å². The van der Waals surface area contributed by atoms with Crippen molar-refractivity contribution in [3.8, 4) is 5.75 Å². The summed E-state index contributed by atoms with van der Waals surface area (Å²) in [6.45, 7) is 8.10. The maximum absolute atomic E-state index is 12.9. The summed E-state index contributed by atoms with van der Waals surface area (Å²) in [4.78, 5) is 13.7. The highest BCUT2D eigenvalue weighted by atomic mass is 32.2. The third-order valence-corrected chi connectivity index (χ3v) is 7.33. The Kier molecular flexibility index (Phi) is 9.20. The van der Waals surface area contributed by atoms with Crippen LogP contribution in [0.4, 0.5) is 5.69 Å². The zero-order valence-electron chi connectivity index (χ0n) is 17.9. The minimum Gasteiger partial charge on any atom is -0.489 e. The van der Waals surface area contributed by atoms with Crippen LogP contribution in [0.5, 0.6) is 5.75 Å². The van der Waals surface area contributed by atoms with Gasteiger partial charge in [0.1, 0.15) is 5.75 Å². The van der Waals surface area contributed by atoms with Crippen molar-refractivity contribution < 1.29 is 17.9 Å². The third-order valence-electron chi connectivity index (χ3n) is 4.27. The molecule has 2 aromatic carbocycles. The molecule has 164 valence electrons. The molecule has 0 atom stereocenters. The van der Waals surface area contributed by atoms with Gasteiger partial charge in [0.25, 0.3) is 0 Å². The van der Waals surface area contributed by atoms with E-state index in [1.54, 1.807) is 31.7 Å². The van der Waals surface area contributed by atoms with E-state index < -0.39 is 10.0 Å². The van der Waals surface area contributed by atoms with Gasteiger partial charge in [0.05, 0.1) is 16.7 Å². The van der Waals surface area contributed by atoms with Crippen molar-refractivity contribution in [2.45, 2.75) is 50.0 Å². The molecule has 1 N–H and O–H groups in total. The second-order valence-electron chi connectivity index (χ2n) is 6.87. The Hall–Kier alpha value is -2.03. The molecule has 0 spiro atoms. The second-order valence-corrected chi connectivity index (χ2v) is 9.98. The summed E-state index contributed by atoms with van der Waals surface area (Å²) in [7, 11) is -3.64. The highest BCUT2D eigenvalue weighted by Crippen LogP contribution is 2.30. The van der Waals surface area contributed by atoms with Gasteiger partial charge in [-0.2, -0.15) is 4.31 Å². The molecule has 0 aromatic heterocycles. The first kappa shape index (κ1) is 24.2. The van der Waals surface area contributed by atoms with E-state index >= 15 is 0 Å². The molecule has 0 heterocycles. The van der Waals surface area contributed by atoms with Crippen molar-refractivity contribution in [1.82, 2.24) is 4.31 Å². The predicted octanol–water partition coefficient (Wildman–Crippen LogP) is 4.63. The van der Waals surface area contributed by atoms with E-state index in [-0.39, 0.29) is 16.9 Å². The summed E-state index contributed by atoms with van der Waals surface area (Å²) >= 11 is 1.60. The maximum Gasteiger partial charge on any atom is 0.243 e. The number of anilines is 1. The largest absolute Gasteiger partial charge is 0.489 e. The summed E-state index contributed by atoms with van der Waals surface area (Å²) < 4.78 is 32.9. The van der Waals surface area contributed by atoms with Crippen molar-refractivity contribution in [2.75, 3.05) is 24.2 Å². The van der Waals surface area contributed by atoms with E-state index in [1.165, 1.54) is 16.4 Å². The molecule has 2 rings (SSSR count). The number of thioether (sulfide) groups is 1. The molecule has 8 heteroatoms. The topological polar surface area (TPSA) is 75.7 Å². The van der Waals surface area contributed by atoms with Crippen LogP contribution in [0.3, 0.4) is 0 Å². The van der Waals surface area contributed by atoms with Crippen LogP contribution in [0.1, 0.15) is 34.1 Å². The lowest BCUT2D eigenvalue weighted by molar-refractivity contribution is -0.115.